The zero-order valence-electron chi connectivity index (χ0n) is 10.4. The van der Waals surface area contributed by atoms with E-state index in [2.05, 4.69) is 0 Å². The van der Waals surface area contributed by atoms with Gasteiger partial charge < -0.3 is 19.6 Å². The zero-order chi connectivity index (χ0) is 13.2. The van der Waals surface area contributed by atoms with Crippen molar-refractivity contribution in [2.24, 2.45) is 5.73 Å². The van der Waals surface area contributed by atoms with Crippen LogP contribution in [0, 0.1) is 0 Å². The largest absolute Gasteiger partial charge is 0.486 e. The molecule has 1 aliphatic heterocycles. The molecule has 100 valence electrons. The van der Waals surface area contributed by atoms with Crippen LogP contribution in [0.25, 0.3) is 11.0 Å². The lowest BCUT2D eigenvalue weighted by Crippen LogP contribution is -2.18. The van der Waals surface area contributed by atoms with Crippen molar-refractivity contribution in [3.05, 3.63) is 30.0 Å². The lowest BCUT2D eigenvalue weighted by atomic mass is 10.2. The summed E-state index contributed by atoms with van der Waals surface area (Å²) < 4.78 is 17.0. The summed E-state index contributed by atoms with van der Waals surface area (Å²) in [4.78, 5) is 0.207. The van der Waals surface area contributed by atoms with Crippen LogP contribution in [0.4, 0.5) is 0 Å². The van der Waals surface area contributed by atoms with Crippen LogP contribution in [0.5, 0.6) is 5.75 Å². The molecule has 4 nitrogen and oxygen atoms in total. The second kappa shape index (κ2) is 5.19. The summed E-state index contributed by atoms with van der Waals surface area (Å²) in [5, 5.41) is 0.892. The van der Waals surface area contributed by atoms with Gasteiger partial charge in [-0.15, -0.1) is 0 Å². The van der Waals surface area contributed by atoms with Crippen molar-refractivity contribution >= 4 is 28.2 Å². The normalized spacial score (nSPS) is 18.8. The SMILES string of the molecule is NC(=S)c1oc2ccccc2c1OCC1CCCO1. The predicted molar refractivity (Wildman–Crippen MR) is 76.6 cm³/mol. The fourth-order valence-electron chi connectivity index (χ4n) is 2.28. The molecule has 0 aliphatic carbocycles. The number of para-hydroxylation sites is 1. The lowest BCUT2D eigenvalue weighted by molar-refractivity contribution is 0.0681. The molecule has 2 N–H and O–H groups in total. The van der Waals surface area contributed by atoms with E-state index < -0.39 is 0 Å². The van der Waals surface area contributed by atoms with E-state index >= 15 is 0 Å². The van der Waals surface area contributed by atoms with Crippen molar-refractivity contribution < 1.29 is 13.9 Å². The van der Waals surface area contributed by atoms with Crippen LogP contribution in [0.2, 0.25) is 0 Å². The molecular formula is C14H15NO3S. The molecule has 1 saturated heterocycles. The van der Waals surface area contributed by atoms with Crippen LogP contribution in [-0.2, 0) is 4.74 Å². The van der Waals surface area contributed by atoms with E-state index in [1.165, 1.54) is 0 Å². The Hall–Kier alpha value is -1.59. The molecule has 2 aromatic rings. The molecule has 5 heteroatoms. The smallest absolute Gasteiger partial charge is 0.204 e. The van der Waals surface area contributed by atoms with E-state index in [9.17, 15) is 0 Å². The maximum Gasteiger partial charge on any atom is 0.204 e. The molecule has 1 aromatic carbocycles. The van der Waals surface area contributed by atoms with Gasteiger partial charge in [-0.3, -0.25) is 0 Å². The molecule has 3 rings (SSSR count). The van der Waals surface area contributed by atoms with Crippen molar-refractivity contribution in [1.82, 2.24) is 0 Å². The Labute approximate surface area is 116 Å². The summed E-state index contributed by atoms with van der Waals surface area (Å²) in [6, 6.07) is 7.64. The first-order chi connectivity index (χ1) is 9.25. The number of fused-ring (bicyclic) bond motifs is 1. The number of hydrogen-bond acceptors (Lipinski definition) is 4. The van der Waals surface area contributed by atoms with Crippen LogP contribution >= 0.6 is 12.2 Å². The van der Waals surface area contributed by atoms with Gasteiger partial charge in [0.2, 0.25) is 5.76 Å². The number of thiocarbonyl (C=S) groups is 1. The Morgan fingerprint density at radius 1 is 1.42 bits per heavy atom. The quantitative estimate of drug-likeness (QED) is 0.871. The molecule has 0 radical (unpaired) electrons. The molecule has 1 fully saturated rings. The highest BCUT2D eigenvalue weighted by Gasteiger charge is 2.21. The summed E-state index contributed by atoms with van der Waals surface area (Å²) in [7, 11) is 0. The first-order valence-electron chi connectivity index (χ1n) is 6.31. The van der Waals surface area contributed by atoms with Gasteiger partial charge in [-0.2, -0.15) is 0 Å². The molecule has 2 heterocycles. The van der Waals surface area contributed by atoms with E-state index in [4.69, 9.17) is 31.8 Å². The van der Waals surface area contributed by atoms with E-state index in [1.54, 1.807) is 0 Å². The van der Waals surface area contributed by atoms with Crippen LogP contribution in [0.15, 0.2) is 28.7 Å². The molecule has 1 aromatic heterocycles. The molecule has 1 unspecified atom stereocenters. The zero-order valence-corrected chi connectivity index (χ0v) is 11.2. The van der Waals surface area contributed by atoms with E-state index in [-0.39, 0.29) is 11.1 Å². The van der Waals surface area contributed by atoms with Crippen LogP contribution in [0.3, 0.4) is 0 Å². The second-order valence-corrected chi connectivity index (χ2v) is 5.01. The van der Waals surface area contributed by atoms with Crippen molar-refractivity contribution in [2.45, 2.75) is 18.9 Å². The average molecular weight is 277 g/mol. The van der Waals surface area contributed by atoms with E-state index in [0.717, 1.165) is 30.4 Å². The first kappa shape index (κ1) is 12.4. The van der Waals surface area contributed by atoms with Crippen LogP contribution in [0.1, 0.15) is 18.6 Å². The minimum absolute atomic E-state index is 0.146. The van der Waals surface area contributed by atoms with Crippen LogP contribution in [-0.4, -0.2) is 24.3 Å². The predicted octanol–water partition coefficient (Wildman–Crippen LogP) is 2.62. The minimum atomic E-state index is 0.146. The van der Waals surface area contributed by atoms with Crippen molar-refractivity contribution in [2.75, 3.05) is 13.2 Å². The molecular weight excluding hydrogens is 262 g/mol. The average Bonchev–Trinajstić information content (AvgIpc) is 3.03. The van der Waals surface area contributed by atoms with Gasteiger partial charge in [-0.05, 0) is 25.0 Å². The molecule has 0 spiro atoms. The number of nitrogens with two attached hydrogens (primary N) is 1. The maximum atomic E-state index is 5.85. The molecule has 0 saturated carbocycles. The third kappa shape index (κ3) is 2.43. The molecule has 19 heavy (non-hydrogen) atoms. The molecule has 1 atom stereocenters. The van der Waals surface area contributed by atoms with Gasteiger partial charge in [0.25, 0.3) is 0 Å². The summed E-state index contributed by atoms with van der Waals surface area (Å²) in [6.07, 6.45) is 2.26. The lowest BCUT2D eigenvalue weighted by Gasteiger charge is -2.11. The Bertz CT molecular complexity index is 602. The second-order valence-electron chi connectivity index (χ2n) is 4.57. The summed E-state index contributed by atoms with van der Waals surface area (Å²) in [6.45, 7) is 1.31. The fourth-order valence-corrected chi connectivity index (χ4v) is 2.41. The third-order valence-electron chi connectivity index (χ3n) is 3.21. The Morgan fingerprint density at radius 3 is 3.00 bits per heavy atom. The highest BCUT2D eigenvalue weighted by molar-refractivity contribution is 7.80. The van der Waals surface area contributed by atoms with Gasteiger partial charge in [0.15, 0.2) is 5.75 Å². The summed E-state index contributed by atoms with van der Waals surface area (Å²) in [5.41, 5.74) is 6.42. The highest BCUT2D eigenvalue weighted by Crippen LogP contribution is 2.33. The third-order valence-corrected chi connectivity index (χ3v) is 3.40. The maximum absolute atomic E-state index is 5.85. The van der Waals surface area contributed by atoms with E-state index in [0.29, 0.717) is 18.1 Å². The van der Waals surface area contributed by atoms with Crippen molar-refractivity contribution in [3.8, 4) is 5.75 Å². The number of furan rings is 1. The Morgan fingerprint density at radius 2 is 2.26 bits per heavy atom. The summed E-state index contributed by atoms with van der Waals surface area (Å²) >= 11 is 5.01. The van der Waals surface area contributed by atoms with E-state index in [1.807, 2.05) is 24.3 Å². The van der Waals surface area contributed by atoms with Crippen LogP contribution < -0.4 is 10.5 Å². The molecule has 1 aliphatic rings. The van der Waals surface area contributed by atoms with Gasteiger partial charge in [0.1, 0.15) is 17.2 Å². The van der Waals surface area contributed by atoms with Crippen molar-refractivity contribution in [3.63, 3.8) is 0 Å². The highest BCUT2D eigenvalue weighted by atomic mass is 32.1. The number of hydrogen-bond donors (Lipinski definition) is 1. The number of benzene rings is 1. The standard InChI is InChI=1S/C14H15NO3S/c15-14(19)13-12(17-8-9-4-3-7-16-9)10-5-1-2-6-11(10)18-13/h1-2,5-6,9H,3-4,7-8H2,(H2,15,19). The topological polar surface area (TPSA) is 57.6 Å². The fraction of sp³-hybridized carbons (Fsp3) is 0.357. The number of ether oxygens (including phenoxy) is 2. The molecule has 0 amide bonds. The summed E-state index contributed by atoms with van der Waals surface area (Å²) in [5.74, 6) is 1.06. The van der Waals surface area contributed by atoms with Gasteiger partial charge >= 0.3 is 0 Å². The Balaban J connectivity index is 1.90. The van der Waals surface area contributed by atoms with Gasteiger partial charge in [0, 0.05) is 6.61 Å². The van der Waals surface area contributed by atoms with Gasteiger partial charge in [0.05, 0.1) is 11.5 Å². The minimum Gasteiger partial charge on any atom is -0.486 e. The Kier molecular flexibility index (Phi) is 3.40. The molecule has 0 bridgehead atoms. The van der Waals surface area contributed by atoms with Gasteiger partial charge in [-0.1, -0.05) is 24.4 Å². The van der Waals surface area contributed by atoms with Crippen molar-refractivity contribution in [1.29, 1.82) is 0 Å². The number of rotatable bonds is 4. The first-order valence-corrected chi connectivity index (χ1v) is 6.72. The van der Waals surface area contributed by atoms with Gasteiger partial charge in [-0.25, -0.2) is 0 Å². The monoisotopic (exact) mass is 277 g/mol.